The number of carbonyl (C=O) groups is 3. The van der Waals surface area contributed by atoms with Gasteiger partial charge in [-0.25, -0.2) is 4.79 Å². The van der Waals surface area contributed by atoms with Gasteiger partial charge in [-0.2, -0.15) is 0 Å². The molecule has 0 saturated heterocycles. The van der Waals surface area contributed by atoms with E-state index in [9.17, 15) is 14.4 Å². The highest BCUT2D eigenvalue weighted by Crippen LogP contribution is 2.44. The zero-order valence-corrected chi connectivity index (χ0v) is 18.8. The molecule has 3 N–H and O–H groups in total. The maximum atomic E-state index is 12.5. The van der Waals surface area contributed by atoms with Crippen LogP contribution in [0.3, 0.4) is 0 Å². The lowest BCUT2D eigenvalue weighted by Gasteiger charge is -2.20. The Balaban J connectivity index is 1.28. The van der Waals surface area contributed by atoms with Crippen molar-refractivity contribution in [3.8, 4) is 11.1 Å². The quantitative estimate of drug-likeness (QED) is 0.563. The van der Waals surface area contributed by atoms with Crippen LogP contribution in [0.25, 0.3) is 11.1 Å². The number of aliphatic carboxylic acids is 1. The second-order valence-corrected chi connectivity index (χ2v) is 8.89. The number of ether oxygens (including phenoxy) is 1. The number of carboxylic acid groups (broad SMARTS) is 1. The Morgan fingerprint density at radius 2 is 1.67 bits per heavy atom. The number of carboxylic acids is 1. The molecule has 0 aromatic heterocycles. The second kappa shape index (κ2) is 10.1. The Kier molecular flexibility index (Phi) is 6.96. The van der Waals surface area contributed by atoms with E-state index < -0.39 is 18.0 Å². The summed E-state index contributed by atoms with van der Waals surface area (Å²) in [6, 6.07) is 15.8. The molecular formula is C26H30N2O5. The number of amides is 2. The van der Waals surface area contributed by atoms with Crippen molar-refractivity contribution >= 4 is 18.0 Å². The number of rotatable bonds is 8. The first kappa shape index (κ1) is 22.8. The van der Waals surface area contributed by atoms with Gasteiger partial charge in [0, 0.05) is 24.4 Å². The predicted octanol–water partition coefficient (Wildman–Crippen LogP) is 4.06. The van der Waals surface area contributed by atoms with Crippen LogP contribution in [0.15, 0.2) is 48.5 Å². The number of benzene rings is 2. The summed E-state index contributed by atoms with van der Waals surface area (Å²) in [6.45, 7) is 2.12. The maximum absolute atomic E-state index is 12.5. The van der Waals surface area contributed by atoms with Gasteiger partial charge in [0.1, 0.15) is 6.61 Å². The van der Waals surface area contributed by atoms with E-state index in [1.807, 2.05) is 31.2 Å². The van der Waals surface area contributed by atoms with Crippen molar-refractivity contribution in [2.24, 2.45) is 5.92 Å². The van der Waals surface area contributed by atoms with E-state index in [2.05, 4.69) is 34.9 Å². The summed E-state index contributed by atoms with van der Waals surface area (Å²) < 4.78 is 5.58. The van der Waals surface area contributed by atoms with Crippen LogP contribution in [-0.2, 0) is 14.3 Å². The van der Waals surface area contributed by atoms with Crippen LogP contribution < -0.4 is 10.6 Å². The molecular weight excluding hydrogens is 420 g/mol. The average Bonchev–Trinajstić information content (AvgIpc) is 3.40. The van der Waals surface area contributed by atoms with Crippen molar-refractivity contribution in [2.45, 2.75) is 57.0 Å². The molecule has 0 unspecified atom stereocenters. The first-order chi connectivity index (χ1) is 16.0. The highest BCUT2D eigenvalue weighted by molar-refractivity contribution is 5.80. The van der Waals surface area contributed by atoms with Gasteiger partial charge in [0.05, 0.1) is 5.92 Å². The third kappa shape index (κ3) is 5.18. The summed E-state index contributed by atoms with van der Waals surface area (Å²) in [5, 5.41) is 14.8. The fourth-order valence-corrected chi connectivity index (χ4v) is 4.95. The van der Waals surface area contributed by atoms with Gasteiger partial charge < -0.3 is 20.5 Å². The van der Waals surface area contributed by atoms with E-state index in [0.29, 0.717) is 25.7 Å². The second-order valence-electron chi connectivity index (χ2n) is 8.89. The lowest BCUT2D eigenvalue weighted by molar-refractivity contribution is -0.141. The van der Waals surface area contributed by atoms with Gasteiger partial charge in [-0.1, -0.05) is 55.5 Å². The number of nitrogens with one attached hydrogen (secondary N) is 2. The van der Waals surface area contributed by atoms with E-state index in [0.717, 1.165) is 11.1 Å². The molecule has 2 aromatic carbocycles. The molecule has 0 bridgehead atoms. The third-order valence-electron chi connectivity index (χ3n) is 6.74. The van der Waals surface area contributed by atoms with Gasteiger partial charge in [-0.05, 0) is 47.9 Å². The molecule has 33 heavy (non-hydrogen) atoms. The number of fused-ring (bicyclic) bond motifs is 3. The average molecular weight is 451 g/mol. The summed E-state index contributed by atoms with van der Waals surface area (Å²) in [5.74, 6) is -1.40. The van der Waals surface area contributed by atoms with Gasteiger partial charge in [-0.3, -0.25) is 9.59 Å². The van der Waals surface area contributed by atoms with Crippen LogP contribution in [0.2, 0.25) is 0 Å². The van der Waals surface area contributed by atoms with Crippen molar-refractivity contribution in [1.82, 2.24) is 10.6 Å². The lowest BCUT2D eigenvalue weighted by Crippen LogP contribution is -2.41. The lowest BCUT2D eigenvalue weighted by atomic mass is 9.98. The molecule has 0 radical (unpaired) electrons. The molecule has 0 aliphatic heterocycles. The van der Waals surface area contributed by atoms with Crippen LogP contribution in [0.4, 0.5) is 4.79 Å². The molecule has 0 spiro atoms. The molecule has 2 aliphatic rings. The predicted molar refractivity (Wildman–Crippen MR) is 124 cm³/mol. The summed E-state index contributed by atoms with van der Waals surface area (Å²) in [4.78, 5) is 36.0. The minimum absolute atomic E-state index is 0.0175. The summed E-state index contributed by atoms with van der Waals surface area (Å²) in [5.41, 5.74) is 4.63. The molecule has 3 atom stereocenters. The third-order valence-corrected chi connectivity index (χ3v) is 6.74. The Bertz CT molecular complexity index is 991. The minimum atomic E-state index is -0.810. The zero-order chi connectivity index (χ0) is 23.4. The van der Waals surface area contributed by atoms with Crippen molar-refractivity contribution < 1.29 is 24.2 Å². The van der Waals surface area contributed by atoms with Crippen molar-refractivity contribution in [1.29, 1.82) is 0 Å². The summed E-state index contributed by atoms with van der Waals surface area (Å²) in [6.07, 6.45) is 1.88. The Morgan fingerprint density at radius 1 is 1.03 bits per heavy atom. The first-order valence-corrected chi connectivity index (χ1v) is 11.6. The van der Waals surface area contributed by atoms with E-state index in [-0.39, 0.29) is 36.9 Å². The maximum Gasteiger partial charge on any atom is 0.407 e. The van der Waals surface area contributed by atoms with Crippen LogP contribution in [0, 0.1) is 5.92 Å². The normalized spacial score (nSPS) is 19.9. The molecule has 2 aromatic rings. The van der Waals surface area contributed by atoms with Gasteiger partial charge in [-0.15, -0.1) is 0 Å². The van der Waals surface area contributed by atoms with E-state index in [4.69, 9.17) is 9.84 Å². The largest absolute Gasteiger partial charge is 0.481 e. The topological polar surface area (TPSA) is 105 Å². The Hall–Kier alpha value is -3.35. The highest BCUT2D eigenvalue weighted by Gasteiger charge is 2.31. The molecule has 7 heteroatoms. The Morgan fingerprint density at radius 3 is 2.24 bits per heavy atom. The first-order valence-electron chi connectivity index (χ1n) is 11.6. The number of alkyl carbamates (subject to hydrolysis) is 1. The summed E-state index contributed by atoms with van der Waals surface area (Å²) >= 11 is 0. The van der Waals surface area contributed by atoms with Crippen molar-refractivity contribution in [3.05, 3.63) is 59.7 Å². The smallest absolute Gasteiger partial charge is 0.407 e. The molecule has 4 rings (SSSR count). The SMILES string of the molecule is CC[C@H](CC(=O)N[C@@H]1CC[C@H](C(=O)O)C1)NC(=O)OCC1c2ccccc2-c2ccccc21. The van der Waals surface area contributed by atoms with E-state index in [1.54, 1.807) is 0 Å². The minimum Gasteiger partial charge on any atom is -0.481 e. The molecule has 2 aliphatic carbocycles. The zero-order valence-electron chi connectivity index (χ0n) is 18.8. The Labute approximate surface area is 193 Å². The summed E-state index contributed by atoms with van der Waals surface area (Å²) in [7, 11) is 0. The molecule has 7 nitrogen and oxygen atoms in total. The molecule has 2 amide bonds. The van der Waals surface area contributed by atoms with Crippen molar-refractivity contribution in [2.75, 3.05) is 6.61 Å². The van der Waals surface area contributed by atoms with Gasteiger partial charge in [0.2, 0.25) is 5.91 Å². The molecule has 174 valence electrons. The van der Waals surface area contributed by atoms with Gasteiger partial charge >= 0.3 is 12.1 Å². The van der Waals surface area contributed by atoms with Crippen LogP contribution in [0.1, 0.15) is 56.1 Å². The van der Waals surface area contributed by atoms with Crippen molar-refractivity contribution in [3.63, 3.8) is 0 Å². The number of hydrogen-bond donors (Lipinski definition) is 3. The monoisotopic (exact) mass is 450 g/mol. The van der Waals surface area contributed by atoms with Crippen LogP contribution >= 0.6 is 0 Å². The van der Waals surface area contributed by atoms with Gasteiger partial charge in [0.25, 0.3) is 0 Å². The fraction of sp³-hybridized carbons (Fsp3) is 0.423. The van der Waals surface area contributed by atoms with Gasteiger partial charge in [0.15, 0.2) is 0 Å². The molecule has 1 fully saturated rings. The van der Waals surface area contributed by atoms with Crippen LogP contribution in [0.5, 0.6) is 0 Å². The van der Waals surface area contributed by atoms with Crippen LogP contribution in [-0.4, -0.2) is 41.8 Å². The fourth-order valence-electron chi connectivity index (χ4n) is 4.95. The molecule has 1 saturated carbocycles. The standard InChI is InChI=1S/C26H30N2O5/c1-2-17(14-24(29)27-18-12-11-16(13-18)25(30)31)28-26(32)33-15-23-21-9-5-3-7-19(21)20-8-4-6-10-22(20)23/h3-10,16-18,23H,2,11-15H2,1H3,(H,27,29)(H,28,32)(H,30,31)/t16-,17+,18+/m0/s1. The highest BCUT2D eigenvalue weighted by atomic mass is 16.5. The number of hydrogen-bond acceptors (Lipinski definition) is 4. The van der Waals surface area contributed by atoms with E-state index >= 15 is 0 Å². The number of carbonyl (C=O) groups excluding carboxylic acids is 2. The van der Waals surface area contributed by atoms with E-state index in [1.165, 1.54) is 11.1 Å². The molecule has 0 heterocycles.